The van der Waals surface area contributed by atoms with Crippen LogP contribution in [0.25, 0.3) is 0 Å². The molecule has 1 aromatic carbocycles. The molecule has 6 nitrogen and oxygen atoms in total. The first-order valence-electron chi connectivity index (χ1n) is 8.79. The highest BCUT2D eigenvalue weighted by Crippen LogP contribution is 2.26. The predicted octanol–water partition coefficient (Wildman–Crippen LogP) is 4.48. The fourth-order valence-corrected chi connectivity index (χ4v) is 3.53. The van der Waals surface area contributed by atoms with Crippen molar-refractivity contribution in [1.82, 2.24) is 14.9 Å². The van der Waals surface area contributed by atoms with Gasteiger partial charge < -0.3 is 9.15 Å². The van der Waals surface area contributed by atoms with Crippen molar-refractivity contribution in [3.8, 4) is 5.75 Å². The van der Waals surface area contributed by atoms with Crippen molar-refractivity contribution in [3.05, 3.63) is 58.8 Å². The molecule has 4 rings (SSSR count). The van der Waals surface area contributed by atoms with E-state index in [0.29, 0.717) is 11.5 Å². The maximum atomic E-state index is 13.0. The molecular weight excluding hydrogens is 386 g/mol. The SMILES string of the molecule is CSc1nnc(C(F)F)n1N=Cc1ccc(COc2ccc3c(c2)CCC3)o1. The van der Waals surface area contributed by atoms with E-state index in [1.807, 2.05) is 6.07 Å². The normalized spacial score (nSPS) is 13.6. The molecule has 9 heteroatoms. The number of benzene rings is 1. The minimum absolute atomic E-state index is 0.275. The Morgan fingerprint density at radius 3 is 2.93 bits per heavy atom. The lowest BCUT2D eigenvalue weighted by Crippen LogP contribution is -2.00. The number of hydrogen-bond donors (Lipinski definition) is 0. The number of aryl methyl sites for hydroxylation is 2. The van der Waals surface area contributed by atoms with E-state index in [0.717, 1.165) is 23.3 Å². The van der Waals surface area contributed by atoms with Crippen molar-refractivity contribution < 1.29 is 17.9 Å². The predicted molar refractivity (Wildman–Crippen MR) is 101 cm³/mol. The van der Waals surface area contributed by atoms with Crippen molar-refractivity contribution in [2.75, 3.05) is 6.26 Å². The van der Waals surface area contributed by atoms with Gasteiger partial charge in [-0.25, -0.2) is 8.78 Å². The molecule has 0 spiro atoms. The molecule has 28 heavy (non-hydrogen) atoms. The molecule has 2 aromatic heterocycles. The van der Waals surface area contributed by atoms with E-state index in [4.69, 9.17) is 9.15 Å². The molecule has 0 atom stereocenters. The Hall–Kier alpha value is -2.68. The summed E-state index contributed by atoms with van der Waals surface area (Å²) in [6.45, 7) is 0.275. The van der Waals surface area contributed by atoms with E-state index < -0.39 is 12.2 Å². The average Bonchev–Trinajstić information content (AvgIpc) is 3.42. The maximum absolute atomic E-state index is 13.0. The Labute approximate surface area is 164 Å². The molecular formula is C19H18F2N4O2S. The highest BCUT2D eigenvalue weighted by atomic mass is 32.2. The van der Waals surface area contributed by atoms with Crippen LogP contribution in [-0.4, -0.2) is 27.3 Å². The summed E-state index contributed by atoms with van der Waals surface area (Å²) >= 11 is 1.18. The number of nitrogens with zero attached hydrogens (tertiary/aromatic N) is 4. The Morgan fingerprint density at radius 2 is 2.11 bits per heavy atom. The second-order valence-electron chi connectivity index (χ2n) is 6.28. The van der Waals surface area contributed by atoms with Gasteiger partial charge in [-0.05, 0) is 60.9 Å². The van der Waals surface area contributed by atoms with E-state index in [1.165, 1.54) is 35.5 Å². The largest absolute Gasteiger partial charge is 0.486 e. The van der Waals surface area contributed by atoms with E-state index in [2.05, 4.69) is 27.4 Å². The van der Waals surface area contributed by atoms with E-state index >= 15 is 0 Å². The summed E-state index contributed by atoms with van der Waals surface area (Å²) in [7, 11) is 0. The summed E-state index contributed by atoms with van der Waals surface area (Å²) in [4.78, 5) is 0. The van der Waals surface area contributed by atoms with Crippen LogP contribution in [0.15, 0.2) is 45.0 Å². The molecule has 0 N–H and O–H groups in total. The van der Waals surface area contributed by atoms with Gasteiger partial charge in [-0.3, -0.25) is 0 Å². The van der Waals surface area contributed by atoms with Gasteiger partial charge in [-0.15, -0.1) is 10.2 Å². The van der Waals surface area contributed by atoms with Gasteiger partial charge in [-0.2, -0.15) is 9.78 Å². The Bertz CT molecular complexity index is 1000. The summed E-state index contributed by atoms with van der Waals surface area (Å²) in [6.07, 6.45) is 3.72. The number of rotatable bonds is 7. The van der Waals surface area contributed by atoms with Crippen LogP contribution in [0, 0.1) is 0 Å². The fourth-order valence-electron chi connectivity index (χ4n) is 3.10. The topological polar surface area (TPSA) is 65.4 Å². The van der Waals surface area contributed by atoms with Gasteiger partial charge in [0.25, 0.3) is 6.43 Å². The van der Waals surface area contributed by atoms with Crippen molar-refractivity contribution in [2.45, 2.75) is 37.5 Å². The van der Waals surface area contributed by atoms with Crippen LogP contribution in [0.4, 0.5) is 8.78 Å². The second kappa shape index (κ2) is 8.14. The summed E-state index contributed by atoms with van der Waals surface area (Å²) in [5.74, 6) is 1.34. The van der Waals surface area contributed by atoms with Crippen LogP contribution in [0.3, 0.4) is 0 Å². The number of ether oxygens (including phenoxy) is 1. The number of halogens is 2. The fraction of sp³-hybridized carbons (Fsp3) is 0.316. The molecule has 0 fully saturated rings. The molecule has 0 saturated carbocycles. The number of thioether (sulfide) groups is 1. The van der Waals surface area contributed by atoms with Gasteiger partial charge in [0, 0.05) is 0 Å². The van der Waals surface area contributed by atoms with Crippen molar-refractivity contribution in [2.24, 2.45) is 5.10 Å². The van der Waals surface area contributed by atoms with Crippen LogP contribution >= 0.6 is 11.8 Å². The first-order valence-corrected chi connectivity index (χ1v) is 10.0. The minimum atomic E-state index is -2.77. The van der Waals surface area contributed by atoms with Gasteiger partial charge in [0.2, 0.25) is 11.0 Å². The van der Waals surface area contributed by atoms with Crippen molar-refractivity contribution in [1.29, 1.82) is 0 Å². The first-order chi connectivity index (χ1) is 13.6. The van der Waals surface area contributed by atoms with Gasteiger partial charge >= 0.3 is 0 Å². The molecule has 0 amide bonds. The summed E-state index contributed by atoms with van der Waals surface area (Å²) in [5, 5.41) is 11.5. The molecule has 0 aliphatic heterocycles. The zero-order valence-corrected chi connectivity index (χ0v) is 16.0. The average molecular weight is 404 g/mol. The van der Waals surface area contributed by atoms with Crippen molar-refractivity contribution >= 4 is 18.0 Å². The molecule has 0 bridgehead atoms. The molecule has 0 saturated heterocycles. The number of alkyl halides is 2. The number of hydrogen-bond acceptors (Lipinski definition) is 6. The molecule has 2 heterocycles. The van der Waals surface area contributed by atoms with Crippen LogP contribution in [0.1, 0.15) is 41.3 Å². The highest BCUT2D eigenvalue weighted by Gasteiger charge is 2.19. The van der Waals surface area contributed by atoms with Crippen molar-refractivity contribution in [3.63, 3.8) is 0 Å². The van der Waals surface area contributed by atoms with Gasteiger partial charge in [0.05, 0.1) is 6.21 Å². The Balaban J connectivity index is 1.42. The molecule has 0 radical (unpaired) electrons. The standard InChI is InChI=1S/C19H18F2N4O2S/c1-28-19-24-23-18(17(20)21)25(19)22-10-15-7-8-16(27-15)11-26-14-6-5-12-3-2-4-13(12)9-14/h5-10,17H,2-4,11H2,1H3. The summed E-state index contributed by atoms with van der Waals surface area (Å²) in [6, 6.07) is 9.63. The number of furan rings is 1. The number of aromatic nitrogens is 3. The third kappa shape index (κ3) is 3.94. The smallest absolute Gasteiger partial charge is 0.299 e. The quantitative estimate of drug-likeness (QED) is 0.429. The van der Waals surface area contributed by atoms with Gasteiger partial charge in [0.15, 0.2) is 0 Å². The third-order valence-corrected chi connectivity index (χ3v) is 5.07. The monoisotopic (exact) mass is 404 g/mol. The molecule has 1 aliphatic rings. The van der Waals surface area contributed by atoms with Crippen LogP contribution in [-0.2, 0) is 19.4 Å². The minimum Gasteiger partial charge on any atom is -0.486 e. The maximum Gasteiger partial charge on any atom is 0.299 e. The zero-order valence-electron chi connectivity index (χ0n) is 15.1. The van der Waals surface area contributed by atoms with E-state index in [9.17, 15) is 8.78 Å². The Kier molecular flexibility index (Phi) is 5.43. The lowest BCUT2D eigenvalue weighted by molar-refractivity contribution is 0.135. The molecule has 0 unspecified atom stereocenters. The highest BCUT2D eigenvalue weighted by molar-refractivity contribution is 7.98. The summed E-state index contributed by atoms with van der Waals surface area (Å²) in [5.41, 5.74) is 2.74. The van der Waals surface area contributed by atoms with Crippen LogP contribution < -0.4 is 4.74 Å². The van der Waals surface area contributed by atoms with Gasteiger partial charge in [-0.1, -0.05) is 17.8 Å². The Morgan fingerprint density at radius 1 is 1.25 bits per heavy atom. The summed E-state index contributed by atoms with van der Waals surface area (Å²) < 4.78 is 38.5. The van der Waals surface area contributed by atoms with E-state index in [1.54, 1.807) is 18.4 Å². The second-order valence-corrected chi connectivity index (χ2v) is 7.05. The molecule has 1 aliphatic carbocycles. The molecule has 146 valence electrons. The lowest BCUT2D eigenvalue weighted by atomic mass is 10.1. The zero-order chi connectivity index (χ0) is 19.5. The number of fused-ring (bicyclic) bond motifs is 1. The van der Waals surface area contributed by atoms with Crippen LogP contribution in [0.2, 0.25) is 0 Å². The molecule has 3 aromatic rings. The lowest BCUT2D eigenvalue weighted by Gasteiger charge is -2.06. The van der Waals surface area contributed by atoms with Crippen LogP contribution in [0.5, 0.6) is 5.75 Å². The first kappa shape index (κ1) is 18.7. The third-order valence-electron chi connectivity index (χ3n) is 4.45. The van der Waals surface area contributed by atoms with E-state index in [-0.39, 0.29) is 11.8 Å². The van der Waals surface area contributed by atoms with Gasteiger partial charge in [0.1, 0.15) is 23.9 Å².